The second kappa shape index (κ2) is 5.37. The number of methoxy groups -OCH3 is 2. The minimum absolute atomic E-state index is 0.0805. The van der Waals surface area contributed by atoms with Crippen molar-refractivity contribution < 1.29 is 24.5 Å². The van der Waals surface area contributed by atoms with Crippen molar-refractivity contribution in [2.24, 2.45) is 0 Å². The third-order valence-electron chi connectivity index (χ3n) is 2.36. The van der Waals surface area contributed by atoms with Crippen LogP contribution >= 0.6 is 15.9 Å². The van der Waals surface area contributed by atoms with Crippen molar-refractivity contribution >= 4 is 21.9 Å². The van der Waals surface area contributed by atoms with E-state index in [1.165, 1.54) is 7.11 Å². The van der Waals surface area contributed by atoms with E-state index in [0.717, 1.165) is 7.11 Å². The lowest BCUT2D eigenvalue weighted by molar-refractivity contribution is -0.150. The van der Waals surface area contributed by atoms with Gasteiger partial charge in [-0.3, -0.25) is 0 Å². The van der Waals surface area contributed by atoms with Crippen LogP contribution in [-0.2, 0) is 9.53 Å². The van der Waals surface area contributed by atoms with E-state index in [-0.39, 0.29) is 17.1 Å². The van der Waals surface area contributed by atoms with Crippen molar-refractivity contribution in [3.8, 4) is 11.5 Å². The van der Waals surface area contributed by atoms with E-state index >= 15 is 0 Å². The van der Waals surface area contributed by atoms with E-state index in [9.17, 15) is 15.0 Å². The quantitative estimate of drug-likeness (QED) is 0.831. The molecule has 1 unspecified atom stereocenters. The molecule has 0 saturated carbocycles. The summed E-state index contributed by atoms with van der Waals surface area (Å²) in [4.78, 5) is 11.3. The topological polar surface area (TPSA) is 76.0 Å². The molecule has 0 aliphatic rings. The summed E-state index contributed by atoms with van der Waals surface area (Å²) in [6.45, 7) is 1.66. The third kappa shape index (κ3) is 2.53. The Balaban J connectivity index is 3.38. The normalized spacial score (nSPS) is 12.1. The molecule has 0 saturated heterocycles. The van der Waals surface area contributed by atoms with Crippen LogP contribution in [0.15, 0.2) is 10.5 Å². The summed E-state index contributed by atoms with van der Waals surface area (Å²) in [6.07, 6.45) is -1.54. The molecule has 1 aromatic carbocycles. The summed E-state index contributed by atoms with van der Waals surface area (Å²) in [5.74, 6) is -0.960. The fraction of sp³-hybridized carbons (Fsp3) is 0.364. The number of phenols is 1. The Morgan fingerprint density at radius 3 is 2.53 bits per heavy atom. The standard InChI is InChI=1S/C11H13BrO5/c1-5-4-6(12)10(16-2)8(13)7(5)9(14)11(15)17-3/h4,9,13-14H,1-3H3. The van der Waals surface area contributed by atoms with E-state index in [4.69, 9.17) is 4.74 Å². The van der Waals surface area contributed by atoms with E-state index in [0.29, 0.717) is 10.0 Å². The van der Waals surface area contributed by atoms with Crippen LogP contribution < -0.4 is 4.74 Å². The van der Waals surface area contributed by atoms with Crippen molar-refractivity contribution in [3.63, 3.8) is 0 Å². The zero-order valence-corrected chi connectivity index (χ0v) is 11.2. The predicted octanol–water partition coefficient (Wildman–Crippen LogP) is 1.68. The second-order valence-electron chi connectivity index (χ2n) is 3.40. The monoisotopic (exact) mass is 304 g/mol. The SMILES string of the molecule is COC(=O)C(O)c1c(C)cc(Br)c(OC)c1O. The lowest BCUT2D eigenvalue weighted by Crippen LogP contribution is -2.15. The highest BCUT2D eigenvalue weighted by atomic mass is 79.9. The molecule has 1 aromatic rings. The number of aryl methyl sites for hydroxylation is 1. The number of carbonyl (C=O) groups is 1. The predicted molar refractivity (Wildman–Crippen MR) is 64.1 cm³/mol. The first-order valence-electron chi connectivity index (χ1n) is 4.75. The molecule has 94 valence electrons. The number of aliphatic hydroxyl groups is 1. The summed E-state index contributed by atoms with van der Waals surface area (Å²) in [6, 6.07) is 1.64. The van der Waals surface area contributed by atoms with Crippen LogP contribution in [0.5, 0.6) is 11.5 Å². The van der Waals surface area contributed by atoms with Crippen LogP contribution in [0.3, 0.4) is 0 Å². The molecule has 0 aromatic heterocycles. The van der Waals surface area contributed by atoms with Crippen LogP contribution in [0, 0.1) is 6.92 Å². The number of hydrogen-bond donors (Lipinski definition) is 2. The molecule has 0 amide bonds. The number of halogens is 1. The molecule has 0 aliphatic carbocycles. The molecule has 1 atom stereocenters. The van der Waals surface area contributed by atoms with Gasteiger partial charge in [-0.1, -0.05) is 0 Å². The molecule has 2 N–H and O–H groups in total. The Morgan fingerprint density at radius 1 is 1.47 bits per heavy atom. The maximum atomic E-state index is 11.3. The van der Waals surface area contributed by atoms with Gasteiger partial charge in [0.15, 0.2) is 17.6 Å². The molecular weight excluding hydrogens is 292 g/mol. The Morgan fingerprint density at radius 2 is 2.06 bits per heavy atom. The first-order valence-corrected chi connectivity index (χ1v) is 5.55. The van der Waals surface area contributed by atoms with Crippen molar-refractivity contribution in [1.82, 2.24) is 0 Å². The molecule has 1 rings (SSSR count). The first kappa shape index (κ1) is 13.8. The Kier molecular flexibility index (Phi) is 4.36. The van der Waals surface area contributed by atoms with Crippen molar-refractivity contribution in [2.45, 2.75) is 13.0 Å². The van der Waals surface area contributed by atoms with E-state index < -0.39 is 12.1 Å². The molecule has 0 radical (unpaired) electrons. The highest BCUT2D eigenvalue weighted by Crippen LogP contribution is 2.42. The number of rotatable bonds is 3. The van der Waals surface area contributed by atoms with Gasteiger partial charge in [-0.05, 0) is 34.5 Å². The van der Waals surface area contributed by atoms with Crippen LogP contribution in [0.1, 0.15) is 17.2 Å². The molecule has 0 fully saturated rings. The number of ether oxygens (including phenoxy) is 2. The van der Waals surface area contributed by atoms with Crippen LogP contribution in [0.25, 0.3) is 0 Å². The van der Waals surface area contributed by atoms with Gasteiger partial charge in [0.25, 0.3) is 0 Å². The summed E-state index contributed by atoms with van der Waals surface area (Å²) in [7, 11) is 2.54. The largest absolute Gasteiger partial charge is 0.504 e. The lowest BCUT2D eigenvalue weighted by Gasteiger charge is -2.16. The van der Waals surface area contributed by atoms with Gasteiger partial charge in [-0.25, -0.2) is 4.79 Å². The van der Waals surface area contributed by atoms with Crippen molar-refractivity contribution in [2.75, 3.05) is 14.2 Å². The summed E-state index contributed by atoms with van der Waals surface area (Å²) in [5, 5.41) is 19.7. The van der Waals surface area contributed by atoms with E-state index in [1.807, 2.05) is 0 Å². The molecule has 17 heavy (non-hydrogen) atoms. The number of phenolic OH excluding ortho intramolecular Hbond substituents is 1. The van der Waals surface area contributed by atoms with Gasteiger partial charge >= 0.3 is 5.97 Å². The maximum absolute atomic E-state index is 11.3. The highest BCUT2D eigenvalue weighted by Gasteiger charge is 2.26. The number of aromatic hydroxyl groups is 1. The molecule has 0 spiro atoms. The van der Waals surface area contributed by atoms with Crippen molar-refractivity contribution in [3.05, 3.63) is 21.7 Å². The smallest absolute Gasteiger partial charge is 0.339 e. The van der Waals surface area contributed by atoms with Gasteiger partial charge in [0.1, 0.15) is 0 Å². The Bertz CT molecular complexity index is 444. The van der Waals surface area contributed by atoms with E-state index in [2.05, 4.69) is 20.7 Å². The molecule has 6 heteroatoms. The molecular formula is C11H13BrO5. The fourth-order valence-electron chi connectivity index (χ4n) is 1.52. The van der Waals surface area contributed by atoms with E-state index in [1.54, 1.807) is 13.0 Å². The summed E-state index contributed by atoms with van der Waals surface area (Å²) < 4.78 is 9.94. The molecule has 0 heterocycles. The van der Waals surface area contributed by atoms with Crippen LogP contribution in [0.2, 0.25) is 0 Å². The fourth-order valence-corrected chi connectivity index (χ4v) is 2.22. The zero-order valence-electron chi connectivity index (χ0n) is 9.65. The Labute approximate surface area is 107 Å². The highest BCUT2D eigenvalue weighted by molar-refractivity contribution is 9.10. The minimum atomic E-state index is -1.54. The second-order valence-corrected chi connectivity index (χ2v) is 4.25. The molecule has 5 nitrogen and oxygen atoms in total. The summed E-state index contributed by atoms with van der Waals surface area (Å²) >= 11 is 3.21. The lowest BCUT2D eigenvalue weighted by atomic mass is 10.0. The minimum Gasteiger partial charge on any atom is -0.504 e. The third-order valence-corrected chi connectivity index (χ3v) is 2.95. The van der Waals surface area contributed by atoms with Crippen LogP contribution in [-0.4, -0.2) is 30.4 Å². The van der Waals surface area contributed by atoms with Crippen LogP contribution in [0.4, 0.5) is 0 Å². The molecule has 0 aliphatic heterocycles. The number of hydrogen-bond acceptors (Lipinski definition) is 5. The Hall–Kier alpha value is -1.27. The van der Waals surface area contributed by atoms with Gasteiger partial charge in [-0.2, -0.15) is 0 Å². The van der Waals surface area contributed by atoms with Gasteiger partial charge in [0, 0.05) is 5.56 Å². The average Bonchev–Trinajstić information content (AvgIpc) is 2.27. The van der Waals surface area contributed by atoms with Gasteiger partial charge < -0.3 is 19.7 Å². The number of aliphatic hydroxyl groups excluding tert-OH is 1. The zero-order chi connectivity index (χ0) is 13.2. The van der Waals surface area contributed by atoms with Gasteiger partial charge in [0.05, 0.1) is 18.7 Å². The summed E-state index contributed by atoms with van der Waals surface area (Å²) in [5.41, 5.74) is 0.630. The van der Waals surface area contributed by atoms with Gasteiger partial charge in [-0.15, -0.1) is 0 Å². The maximum Gasteiger partial charge on any atom is 0.339 e. The van der Waals surface area contributed by atoms with Crippen molar-refractivity contribution in [1.29, 1.82) is 0 Å². The van der Waals surface area contributed by atoms with Gasteiger partial charge in [0.2, 0.25) is 0 Å². The number of carbonyl (C=O) groups excluding carboxylic acids is 1. The number of esters is 1. The molecule has 0 bridgehead atoms. The number of benzene rings is 1. The first-order chi connectivity index (χ1) is 7.93. The average molecular weight is 305 g/mol.